The minimum atomic E-state index is 0.473. The van der Waals surface area contributed by atoms with Crippen molar-refractivity contribution < 1.29 is 0 Å². The maximum atomic E-state index is 4.62. The molecule has 0 saturated heterocycles. The molecule has 0 spiro atoms. The molecule has 0 bridgehead atoms. The van der Waals surface area contributed by atoms with Crippen LogP contribution in [0.15, 0.2) is 53.8 Å². The topological polar surface area (TPSA) is 54.2 Å². The van der Waals surface area contributed by atoms with Crippen molar-refractivity contribution in [3.63, 3.8) is 0 Å². The van der Waals surface area contributed by atoms with Gasteiger partial charge in [-0.15, -0.1) is 0 Å². The lowest BCUT2D eigenvalue weighted by Crippen LogP contribution is -2.40. The molecule has 0 fully saturated rings. The number of aliphatic imine (C=N–C) groups is 1. The van der Waals surface area contributed by atoms with Crippen molar-refractivity contribution in [1.29, 1.82) is 0 Å². The molecule has 0 radical (unpaired) electrons. The Morgan fingerprint density at radius 3 is 2.73 bits per heavy atom. The highest BCUT2D eigenvalue weighted by Gasteiger charge is 2.05. The molecule has 5 heteroatoms. The zero-order valence-corrected chi connectivity index (χ0v) is 13.4. The molecule has 0 amide bonds. The van der Waals surface area contributed by atoms with Gasteiger partial charge in [0.2, 0.25) is 0 Å². The third-order valence-corrected chi connectivity index (χ3v) is 3.28. The Balaban J connectivity index is 1.82. The van der Waals surface area contributed by atoms with Gasteiger partial charge in [-0.2, -0.15) is 5.10 Å². The van der Waals surface area contributed by atoms with E-state index >= 15 is 0 Å². The fourth-order valence-corrected chi connectivity index (χ4v) is 2.16. The molecule has 2 N–H and O–H groups in total. The third kappa shape index (κ3) is 5.60. The molecule has 0 aliphatic heterocycles. The van der Waals surface area contributed by atoms with Crippen LogP contribution in [0.1, 0.15) is 19.4 Å². The monoisotopic (exact) mass is 299 g/mol. The molecule has 2 rings (SSSR count). The fourth-order valence-electron chi connectivity index (χ4n) is 2.16. The average Bonchev–Trinajstić information content (AvgIpc) is 3.04. The summed E-state index contributed by atoms with van der Waals surface area (Å²) in [7, 11) is 0. The van der Waals surface area contributed by atoms with Crippen LogP contribution in [0.3, 0.4) is 0 Å². The Kier molecular flexibility index (Phi) is 6.48. The molecule has 22 heavy (non-hydrogen) atoms. The molecule has 5 nitrogen and oxygen atoms in total. The Labute approximate surface area is 132 Å². The van der Waals surface area contributed by atoms with Crippen LogP contribution in [-0.4, -0.2) is 28.8 Å². The van der Waals surface area contributed by atoms with E-state index in [0.717, 1.165) is 25.6 Å². The van der Waals surface area contributed by atoms with Crippen LogP contribution in [0.25, 0.3) is 0 Å². The molecule has 1 atom stereocenters. The highest BCUT2D eigenvalue weighted by molar-refractivity contribution is 5.79. The van der Waals surface area contributed by atoms with E-state index in [-0.39, 0.29) is 0 Å². The summed E-state index contributed by atoms with van der Waals surface area (Å²) in [5, 5.41) is 10.9. The first kappa shape index (κ1) is 16.1. The SMILES string of the molecule is CCNC(=NCc1ccccc1)NCC(C)Cn1cccn1. The number of rotatable bonds is 7. The van der Waals surface area contributed by atoms with E-state index in [9.17, 15) is 0 Å². The standard InChI is InChI=1S/C17H25N5/c1-3-18-17(20-13-16-8-5-4-6-9-16)19-12-15(2)14-22-11-7-10-21-22/h4-11,15H,3,12-14H2,1-2H3,(H2,18,19,20). The van der Waals surface area contributed by atoms with Crippen LogP contribution >= 0.6 is 0 Å². The molecule has 2 aromatic rings. The molecule has 1 unspecified atom stereocenters. The average molecular weight is 299 g/mol. The first-order valence-corrected chi connectivity index (χ1v) is 7.81. The number of hydrogen-bond acceptors (Lipinski definition) is 2. The predicted octanol–water partition coefficient (Wildman–Crippen LogP) is 2.27. The molecule has 1 heterocycles. The van der Waals surface area contributed by atoms with Crippen molar-refractivity contribution in [2.45, 2.75) is 26.9 Å². The molecular formula is C17H25N5. The Hall–Kier alpha value is -2.30. The Bertz CT molecular complexity index is 548. The van der Waals surface area contributed by atoms with Crippen LogP contribution in [0.5, 0.6) is 0 Å². The van der Waals surface area contributed by atoms with Gasteiger partial charge in [0.05, 0.1) is 6.54 Å². The lowest BCUT2D eigenvalue weighted by atomic mass is 10.2. The van der Waals surface area contributed by atoms with Gasteiger partial charge < -0.3 is 10.6 Å². The smallest absolute Gasteiger partial charge is 0.191 e. The van der Waals surface area contributed by atoms with Crippen molar-refractivity contribution in [2.75, 3.05) is 13.1 Å². The van der Waals surface area contributed by atoms with Gasteiger partial charge >= 0.3 is 0 Å². The molecule has 0 aliphatic carbocycles. The van der Waals surface area contributed by atoms with Crippen molar-refractivity contribution in [3.8, 4) is 0 Å². The summed E-state index contributed by atoms with van der Waals surface area (Å²) in [5.41, 5.74) is 1.21. The number of benzene rings is 1. The van der Waals surface area contributed by atoms with Crippen LogP contribution < -0.4 is 10.6 Å². The lowest BCUT2D eigenvalue weighted by molar-refractivity contribution is 0.443. The van der Waals surface area contributed by atoms with Crippen molar-refractivity contribution in [3.05, 3.63) is 54.4 Å². The summed E-state index contributed by atoms with van der Waals surface area (Å²) in [4.78, 5) is 4.62. The highest BCUT2D eigenvalue weighted by Crippen LogP contribution is 2.01. The number of hydrogen-bond donors (Lipinski definition) is 2. The fraction of sp³-hybridized carbons (Fsp3) is 0.412. The van der Waals surface area contributed by atoms with Gasteiger partial charge in [-0.25, -0.2) is 4.99 Å². The second-order valence-electron chi connectivity index (χ2n) is 5.39. The minimum Gasteiger partial charge on any atom is -0.357 e. The zero-order chi connectivity index (χ0) is 15.6. The predicted molar refractivity (Wildman–Crippen MR) is 90.7 cm³/mol. The van der Waals surface area contributed by atoms with E-state index < -0.39 is 0 Å². The van der Waals surface area contributed by atoms with Crippen molar-refractivity contribution in [2.24, 2.45) is 10.9 Å². The quantitative estimate of drug-likeness (QED) is 0.609. The van der Waals surface area contributed by atoms with Gasteiger partial charge in [0.1, 0.15) is 0 Å². The first-order chi connectivity index (χ1) is 10.8. The molecule has 1 aromatic carbocycles. The Morgan fingerprint density at radius 1 is 1.23 bits per heavy atom. The number of nitrogens with zero attached hydrogens (tertiary/aromatic N) is 3. The Morgan fingerprint density at radius 2 is 2.05 bits per heavy atom. The van der Waals surface area contributed by atoms with Gasteiger partial charge in [-0.1, -0.05) is 37.3 Å². The molecule has 118 valence electrons. The number of nitrogens with one attached hydrogen (secondary N) is 2. The molecular weight excluding hydrogens is 274 g/mol. The van der Waals surface area contributed by atoms with Crippen molar-refractivity contribution in [1.82, 2.24) is 20.4 Å². The van der Waals surface area contributed by atoms with Gasteiger partial charge in [-0.05, 0) is 24.5 Å². The largest absolute Gasteiger partial charge is 0.357 e. The van der Waals surface area contributed by atoms with E-state index in [2.05, 4.69) is 46.7 Å². The van der Waals surface area contributed by atoms with Gasteiger partial charge in [0, 0.05) is 32.0 Å². The van der Waals surface area contributed by atoms with E-state index in [1.54, 1.807) is 0 Å². The molecule has 0 aliphatic rings. The highest BCUT2D eigenvalue weighted by atomic mass is 15.3. The van der Waals surface area contributed by atoms with Gasteiger partial charge in [-0.3, -0.25) is 4.68 Å². The summed E-state index contributed by atoms with van der Waals surface area (Å²) in [6, 6.07) is 12.2. The van der Waals surface area contributed by atoms with Crippen molar-refractivity contribution >= 4 is 5.96 Å². The van der Waals surface area contributed by atoms with Gasteiger partial charge in [0.15, 0.2) is 5.96 Å². The third-order valence-electron chi connectivity index (χ3n) is 3.28. The van der Waals surface area contributed by atoms with Crippen LogP contribution in [0.4, 0.5) is 0 Å². The maximum Gasteiger partial charge on any atom is 0.191 e. The number of guanidine groups is 1. The molecule has 0 saturated carbocycles. The van der Waals surface area contributed by atoms with Crippen LogP contribution in [0, 0.1) is 5.92 Å². The minimum absolute atomic E-state index is 0.473. The second kappa shape index (κ2) is 8.87. The van der Waals surface area contributed by atoms with E-state index in [4.69, 9.17) is 0 Å². The maximum absolute atomic E-state index is 4.62. The first-order valence-electron chi connectivity index (χ1n) is 7.81. The normalized spacial score (nSPS) is 12.9. The molecule has 1 aromatic heterocycles. The van der Waals surface area contributed by atoms with Crippen LogP contribution in [-0.2, 0) is 13.1 Å². The van der Waals surface area contributed by atoms with Crippen LogP contribution in [0.2, 0.25) is 0 Å². The van der Waals surface area contributed by atoms with Gasteiger partial charge in [0.25, 0.3) is 0 Å². The van der Waals surface area contributed by atoms with E-state index in [1.165, 1.54) is 5.56 Å². The summed E-state index contributed by atoms with van der Waals surface area (Å²) >= 11 is 0. The number of aromatic nitrogens is 2. The zero-order valence-electron chi connectivity index (χ0n) is 13.4. The second-order valence-corrected chi connectivity index (χ2v) is 5.39. The summed E-state index contributed by atoms with van der Waals surface area (Å²) in [5.74, 6) is 1.33. The summed E-state index contributed by atoms with van der Waals surface area (Å²) in [6.07, 6.45) is 3.80. The van der Waals surface area contributed by atoms with E-state index in [0.29, 0.717) is 12.5 Å². The summed E-state index contributed by atoms with van der Waals surface area (Å²) < 4.78 is 1.96. The van der Waals surface area contributed by atoms with E-state index in [1.807, 2.05) is 41.3 Å². The summed E-state index contributed by atoms with van der Waals surface area (Å²) in [6.45, 7) is 7.58. The lowest BCUT2D eigenvalue weighted by Gasteiger charge is -2.16.